The zero-order valence-electron chi connectivity index (χ0n) is 10.1. The fourth-order valence-corrected chi connectivity index (χ4v) is 1.46. The lowest BCUT2D eigenvalue weighted by molar-refractivity contribution is -0.131. The Morgan fingerprint density at radius 1 is 1.32 bits per heavy atom. The number of hydrogen-bond donors (Lipinski definition) is 0. The van der Waals surface area contributed by atoms with E-state index in [1.165, 1.54) is 19.2 Å². The van der Waals surface area contributed by atoms with Crippen molar-refractivity contribution >= 4 is 17.6 Å². The second kappa shape index (κ2) is 5.98. The third-order valence-corrected chi connectivity index (χ3v) is 2.29. The van der Waals surface area contributed by atoms with Gasteiger partial charge in [0.05, 0.1) is 5.02 Å². The number of halogens is 1. The predicted molar refractivity (Wildman–Crippen MR) is 70.8 cm³/mol. The number of rotatable bonds is 1. The van der Waals surface area contributed by atoms with Gasteiger partial charge < -0.3 is 4.74 Å². The summed E-state index contributed by atoms with van der Waals surface area (Å²) >= 11 is 5.81. The highest BCUT2D eigenvalue weighted by Crippen LogP contribution is 2.20. The number of pyridine rings is 2. The lowest BCUT2D eigenvalue weighted by Crippen LogP contribution is -2.04. The van der Waals surface area contributed by atoms with Crippen molar-refractivity contribution in [2.75, 3.05) is 0 Å². The fourth-order valence-electron chi connectivity index (χ4n) is 1.31. The molecule has 0 aliphatic heterocycles. The molecule has 2 rings (SSSR count). The molecular weight excluding hydrogens is 264 g/mol. The van der Waals surface area contributed by atoms with Gasteiger partial charge in [0.15, 0.2) is 11.4 Å². The van der Waals surface area contributed by atoms with Gasteiger partial charge in [-0.3, -0.25) is 9.78 Å². The maximum absolute atomic E-state index is 11.0. The molecule has 0 aromatic carbocycles. The molecule has 0 spiro atoms. The maximum Gasteiger partial charge on any atom is 0.308 e. The molecule has 0 N–H and O–H groups in total. The van der Waals surface area contributed by atoms with E-state index in [2.05, 4.69) is 21.8 Å². The van der Waals surface area contributed by atoms with Gasteiger partial charge in [0.1, 0.15) is 0 Å². The standard InChI is InChI=1S/C14H9ClN2O2/c1-10(18)19-14-8-12(15)9-17-13(14)3-2-11-4-6-16-7-5-11/h4-9H,1H3. The zero-order valence-corrected chi connectivity index (χ0v) is 10.8. The van der Waals surface area contributed by atoms with Crippen LogP contribution in [0.3, 0.4) is 0 Å². The summed E-state index contributed by atoms with van der Waals surface area (Å²) in [4.78, 5) is 18.9. The van der Waals surface area contributed by atoms with E-state index in [0.29, 0.717) is 10.7 Å². The number of carbonyl (C=O) groups excluding carboxylic acids is 1. The van der Waals surface area contributed by atoms with Crippen LogP contribution in [-0.2, 0) is 4.79 Å². The van der Waals surface area contributed by atoms with E-state index in [0.717, 1.165) is 5.56 Å². The topological polar surface area (TPSA) is 52.1 Å². The van der Waals surface area contributed by atoms with Crippen LogP contribution in [-0.4, -0.2) is 15.9 Å². The molecular formula is C14H9ClN2O2. The molecule has 0 unspecified atom stereocenters. The third-order valence-electron chi connectivity index (χ3n) is 2.08. The third kappa shape index (κ3) is 3.80. The number of hydrogen-bond acceptors (Lipinski definition) is 4. The Morgan fingerprint density at radius 2 is 2.05 bits per heavy atom. The average Bonchev–Trinajstić information content (AvgIpc) is 2.38. The van der Waals surface area contributed by atoms with E-state index in [-0.39, 0.29) is 5.75 Å². The summed E-state index contributed by atoms with van der Waals surface area (Å²) in [6, 6.07) is 5.05. The first-order chi connectivity index (χ1) is 9.15. The first kappa shape index (κ1) is 13.1. The van der Waals surface area contributed by atoms with Crippen LogP contribution in [0, 0.1) is 11.8 Å². The minimum Gasteiger partial charge on any atom is -0.424 e. The molecule has 2 aromatic heterocycles. The summed E-state index contributed by atoms with van der Waals surface area (Å²) in [5.41, 5.74) is 1.15. The van der Waals surface area contributed by atoms with Crippen molar-refractivity contribution in [3.8, 4) is 17.6 Å². The molecule has 19 heavy (non-hydrogen) atoms. The molecule has 0 radical (unpaired) electrons. The Labute approximate surface area is 115 Å². The lowest BCUT2D eigenvalue weighted by Gasteiger charge is -2.03. The number of esters is 1. The quantitative estimate of drug-likeness (QED) is 0.591. The Bertz CT molecular complexity index is 660. The number of nitrogens with zero attached hydrogens (tertiary/aromatic N) is 2. The molecule has 0 fully saturated rings. The van der Waals surface area contributed by atoms with Gasteiger partial charge in [-0.05, 0) is 18.1 Å². The molecule has 0 atom stereocenters. The Hall–Kier alpha value is -2.38. The lowest BCUT2D eigenvalue weighted by atomic mass is 10.2. The van der Waals surface area contributed by atoms with Crippen LogP contribution in [0.15, 0.2) is 36.8 Å². The van der Waals surface area contributed by atoms with Crippen LogP contribution < -0.4 is 4.74 Å². The molecule has 0 aliphatic carbocycles. The van der Waals surface area contributed by atoms with Crippen molar-refractivity contribution in [3.63, 3.8) is 0 Å². The van der Waals surface area contributed by atoms with Crippen LogP contribution in [0.25, 0.3) is 0 Å². The van der Waals surface area contributed by atoms with Crippen molar-refractivity contribution in [1.82, 2.24) is 9.97 Å². The smallest absolute Gasteiger partial charge is 0.308 e. The van der Waals surface area contributed by atoms with Gasteiger partial charge in [0, 0.05) is 37.1 Å². The molecule has 0 amide bonds. The van der Waals surface area contributed by atoms with Crippen molar-refractivity contribution in [3.05, 3.63) is 53.1 Å². The van der Waals surface area contributed by atoms with Crippen LogP contribution >= 0.6 is 11.6 Å². The zero-order chi connectivity index (χ0) is 13.7. The summed E-state index contributed by atoms with van der Waals surface area (Å²) in [5.74, 6) is 5.55. The van der Waals surface area contributed by atoms with E-state index in [9.17, 15) is 4.79 Å². The van der Waals surface area contributed by atoms with Gasteiger partial charge in [-0.25, -0.2) is 4.98 Å². The second-order valence-corrected chi connectivity index (χ2v) is 4.02. The highest BCUT2D eigenvalue weighted by Gasteiger charge is 2.06. The molecule has 94 valence electrons. The fraction of sp³-hybridized carbons (Fsp3) is 0.0714. The minimum atomic E-state index is -0.448. The second-order valence-electron chi connectivity index (χ2n) is 3.58. The summed E-state index contributed by atoms with van der Waals surface area (Å²) in [5, 5.41) is 0.380. The normalized spacial score (nSPS) is 9.37. The Kier molecular flexibility index (Phi) is 4.11. The van der Waals surface area contributed by atoms with E-state index in [1.54, 1.807) is 24.5 Å². The van der Waals surface area contributed by atoms with Gasteiger partial charge in [-0.1, -0.05) is 17.5 Å². The summed E-state index contributed by atoms with van der Waals surface area (Å²) in [7, 11) is 0. The van der Waals surface area contributed by atoms with Crippen LogP contribution in [0.5, 0.6) is 5.75 Å². The first-order valence-corrected chi connectivity index (χ1v) is 5.79. The van der Waals surface area contributed by atoms with Gasteiger partial charge in [0.2, 0.25) is 0 Å². The van der Waals surface area contributed by atoms with E-state index < -0.39 is 5.97 Å². The SMILES string of the molecule is CC(=O)Oc1cc(Cl)cnc1C#Cc1ccncc1. The number of aromatic nitrogens is 2. The first-order valence-electron chi connectivity index (χ1n) is 5.41. The van der Waals surface area contributed by atoms with Crippen LogP contribution in [0.4, 0.5) is 0 Å². The highest BCUT2D eigenvalue weighted by atomic mass is 35.5. The minimum absolute atomic E-state index is 0.251. The van der Waals surface area contributed by atoms with Crippen molar-refractivity contribution in [1.29, 1.82) is 0 Å². The van der Waals surface area contributed by atoms with Gasteiger partial charge in [-0.15, -0.1) is 0 Å². The molecule has 2 aromatic rings. The average molecular weight is 273 g/mol. The van der Waals surface area contributed by atoms with Gasteiger partial charge >= 0.3 is 5.97 Å². The van der Waals surface area contributed by atoms with E-state index >= 15 is 0 Å². The van der Waals surface area contributed by atoms with E-state index in [1.807, 2.05) is 0 Å². The maximum atomic E-state index is 11.0. The predicted octanol–water partition coefficient (Wildman–Crippen LogP) is 2.46. The number of ether oxygens (including phenoxy) is 1. The van der Waals surface area contributed by atoms with Crippen molar-refractivity contribution in [2.45, 2.75) is 6.92 Å². The molecule has 4 nitrogen and oxygen atoms in total. The molecule has 0 saturated carbocycles. The summed E-state index contributed by atoms with van der Waals surface area (Å²) in [6.45, 7) is 1.31. The van der Waals surface area contributed by atoms with Gasteiger partial charge in [0.25, 0.3) is 0 Å². The Balaban J connectivity index is 2.35. The molecule has 2 heterocycles. The van der Waals surface area contributed by atoms with Crippen molar-refractivity contribution < 1.29 is 9.53 Å². The summed E-state index contributed by atoms with van der Waals surface area (Å²) < 4.78 is 5.01. The monoisotopic (exact) mass is 272 g/mol. The van der Waals surface area contributed by atoms with Crippen molar-refractivity contribution in [2.24, 2.45) is 0 Å². The molecule has 0 saturated heterocycles. The van der Waals surface area contributed by atoms with Gasteiger partial charge in [-0.2, -0.15) is 0 Å². The molecule has 0 bridgehead atoms. The largest absolute Gasteiger partial charge is 0.424 e. The summed E-state index contributed by atoms with van der Waals surface area (Å²) in [6.07, 6.45) is 4.74. The highest BCUT2D eigenvalue weighted by molar-refractivity contribution is 6.30. The molecule has 5 heteroatoms. The Morgan fingerprint density at radius 3 is 2.74 bits per heavy atom. The van der Waals surface area contributed by atoms with Crippen LogP contribution in [0.1, 0.15) is 18.2 Å². The number of carbonyl (C=O) groups is 1. The van der Waals surface area contributed by atoms with E-state index in [4.69, 9.17) is 16.3 Å². The molecule has 0 aliphatic rings. The van der Waals surface area contributed by atoms with Crippen LogP contribution in [0.2, 0.25) is 5.02 Å².